The van der Waals surface area contributed by atoms with E-state index in [2.05, 4.69) is 47.1 Å². The number of hydrogen-bond donors (Lipinski definition) is 1. The van der Waals surface area contributed by atoms with Gasteiger partial charge in [0, 0.05) is 51.4 Å². The Balaban J connectivity index is 1.69. The summed E-state index contributed by atoms with van der Waals surface area (Å²) in [5, 5.41) is 3.33. The van der Waals surface area contributed by atoms with Crippen LogP contribution in [0.4, 0.5) is 0 Å². The van der Waals surface area contributed by atoms with Crippen molar-refractivity contribution in [1.29, 1.82) is 0 Å². The molecular formula is C16H30N4O. The van der Waals surface area contributed by atoms with Crippen LogP contribution in [0.15, 0.2) is 16.7 Å². The topological polar surface area (TPSA) is 34.9 Å². The molecule has 1 aliphatic heterocycles. The quantitative estimate of drug-likeness (QED) is 0.776. The third-order valence-electron chi connectivity index (χ3n) is 3.99. The lowest BCUT2D eigenvalue weighted by Crippen LogP contribution is -2.47. The maximum Gasteiger partial charge on any atom is 0.118 e. The zero-order valence-electron chi connectivity index (χ0n) is 13.8. The van der Waals surface area contributed by atoms with E-state index in [1.807, 2.05) is 6.26 Å². The fourth-order valence-corrected chi connectivity index (χ4v) is 2.60. The van der Waals surface area contributed by atoms with Crippen LogP contribution in [-0.4, -0.2) is 74.6 Å². The largest absolute Gasteiger partial charge is 0.468 e. The second-order valence-corrected chi connectivity index (χ2v) is 6.12. The molecule has 0 radical (unpaired) electrons. The maximum absolute atomic E-state index is 5.67. The molecule has 0 spiro atoms. The SMILES string of the molecule is CCNCc1coc(CN2CCN(CCN(C)C)CC2)c1. The lowest BCUT2D eigenvalue weighted by molar-refractivity contribution is 0.115. The Bertz CT molecular complexity index is 397. The molecule has 0 unspecified atom stereocenters. The predicted molar refractivity (Wildman–Crippen MR) is 86.4 cm³/mol. The second-order valence-electron chi connectivity index (χ2n) is 6.12. The van der Waals surface area contributed by atoms with Gasteiger partial charge in [0.15, 0.2) is 0 Å². The summed E-state index contributed by atoms with van der Waals surface area (Å²) in [6.07, 6.45) is 1.88. The van der Waals surface area contributed by atoms with Gasteiger partial charge in [0.25, 0.3) is 0 Å². The third-order valence-corrected chi connectivity index (χ3v) is 3.99. The van der Waals surface area contributed by atoms with Crippen molar-refractivity contribution in [2.75, 3.05) is 59.9 Å². The molecule has 1 fully saturated rings. The lowest BCUT2D eigenvalue weighted by atomic mass is 10.2. The van der Waals surface area contributed by atoms with Crippen molar-refractivity contribution >= 4 is 0 Å². The van der Waals surface area contributed by atoms with Crippen molar-refractivity contribution < 1.29 is 4.42 Å². The van der Waals surface area contributed by atoms with Gasteiger partial charge in [-0.3, -0.25) is 9.80 Å². The van der Waals surface area contributed by atoms with Crippen LogP contribution in [0.5, 0.6) is 0 Å². The number of nitrogens with zero attached hydrogens (tertiary/aromatic N) is 3. The zero-order valence-corrected chi connectivity index (χ0v) is 13.8. The molecule has 0 aromatic carbocycles. The molecule has 0 atom stereocenters. The fraction of sp³-hybridized carbons (Fsp3) is 0.750. The highest BCUT2D eigenvalue weighted by atomic mass is 16.3. The number of nitrogens with one attached hydrogen (secondary N) is 1. The van der Waals surface area contributed by atoms with Crippen molar-refractivity contribution in [3.05, 3.63) is 23.7 Å². The van der Waals surface area contributed by atoms with Crippen LogP contribution in [0, 0.1) is 0 Å². The highest BCUT2D eigenvalue weighted by Gasteiger charge is 2.17. The summed E-state index contributed by atoms with van der Waals surface area (Å²) in [4.78, 5) is 7.29. The first-order valence-corrected chi connectivity index (χ1v) is 8.04. The Labute approximate surface area is 128 Å². The van der Waals surface area contributed by atoms with E-state index in [0.29, 0.717) is 0 Å². The van der Waals surface area contributed by atoms with Gasteiger partial charge in [-0.25, -0.2) is 0 Å². The van der Waals surface area contributed by atoms with Gasteiger partial charge in [-0.2, -0.15) is 0 Å². The van der Waals surface area contributed by atoms with E-state index in [0.717, 1.165) is 45.0 Å². The molecule has 0 aliphatic carbocycles. The van der Waals surface area contributed by atoms with Gasteiger partial charge in [0.1, 0.15) is 5.76 Å². The van der Waals surface area contributed by atoms with E-state index in [4.69, 9.17) is 4.42 Å². The molecule has 1 N–H and O–H groups in total. The Kier molecular flexibility index (Phi) is 6.70. The standard InChI is InChI=1S/C16H30N4O/c1-4-17-12-15-11-16(21-14-15)13-20-9-7-19(8-10-20)6-5-18(2)3/h11,14,17H,4-10,12-13H2,1-3H3. The number of furan rings is 1. The van der Waals surface area contributed by atoms with Gasteiger partial charge in [-0.1, -0.05) is 6.92 Å². The first kappa shape index (κ1) is 16.5. The molecule has 0 amide bonds. The van der Waals surface area contributed by atoms with E-state index in [-0.39, 0.29) is 0 Å². The van der Waals surface area contributed by atoms with Gasteiger partial charge in [-0.05, 0) is 26.7 Å². The molecule has 1 aromatic rings. The summed E-state index contributed by atoms with van der Waals surface area (Å²) in [7, 11) is 4.27. The molecule has 21 heavy (non-hydrogen) atoms. The Morgan fingerprint density at radius 2 is 1.90 bits per heavy atom. The number of piperazine rings is 1. The number of rotatable bonds is 8. The average Bonchev–Trinajstić information content (AvgIpc) is 2.92. The predicted octanol–water partition coefficient (Wildman–Crippen LogP) is 1.07. The highest BCUT2D eigenvalue weighted by Crippen LogP contribution is 2.12. The van der Waals surface area contributed by atoms with Crippen molar-refractivity contribution in [2.24, 2.45) is 0 Å². The molecule has 0 saturated carbocycles. The minimum Gasteiger partial charge on any atom is -0.468 e. The minimum atomic E-state index is 0.901. The summed E-state index contributed by atoms with van der Waals surface area (Å²) in [6.45, 7) is 11.9. The molecule has 2 heterocycles. The first-order valence-electron chi connectivity index (χ1n) is 8.04. The van der Waals surface area contributed by atoms with Gasteiger partial charge in [-0.15, -0.1) is 0 Å². The summed E-state index contributed by atoms with van der Waals surface area (Å²) in [5.74, 6) is 1.09. The third kappa shape index (κ3) is 5.79. The van der Waals surface area contributed by atoms with Gasteiger partial charge in [0.05, 0.1) is 12.8 Å². The second kappa shape index (κ2) is 8.54. The summed E-state index contributed by atoms with van der Waals surface area (Å²) < 4.78 is 5.67. The normalized spacial score (nSPS) is 17.7. The van der Waals surface area contributed by atoms with Crippen molar-refractivity contribution in [3.8, 4) is 0 Å². The number of hydrogen-bond acceptors (Lipinski definition) is 5. The molecule has 1 saturated heterocycles. The molecule has 1 aliphatic rings. The van der Waals surface area contributed by atoms with Crippen molar-refractivity contribution in [2.45, 2.75) is 20.0 Å². The molecule has 5 nitrogen and oxygen atoms in total. The van der Waals surface area contributed by atoms with E-state index < -0.39 is 0 Å². The lowest BCUT2D eigenvalue weighted by Gasteiger charge is -2.34. The van der Waals surface area contributed by atoms with E-state index in [1.165, 1.54) is 25.2 Å². The monoisotopic (exact) mass is 294 g/mol. The van der Waals surface area contributed by atoms with Crippen LogP contribution in [0.3, 0.4) is 0 Å². The van der Waals surface area contributed by atoms with Gasteiger partial charge in [0.2, 0.25) is 0 Å². The maximum atomic E-state index is 5.67. The highest BCUT2D eigenvalue weighted by molar-refractivity contribution is 5.12. The van der Waals surface area contributed by atoms with Gasteiger partial charge >= 0.3 is 0 Å². The number of likely N-dealkylation sites (N-methyl/N-ethyl adjacent to an activating group) is 1. The van der Waals surface area contributed by atoms with Crippen LogP contribution < -0.4 is 5.32 Å². The summed E-state index contributed by atoms with van der Waals surface area (Å²) in [5.41, 5.74) is 1.25. The first-order chi connectivity index (χ1) is 10.2. The summed E-state index contributed by atoms with van der Waals surface area (Å²) in [6, 6.07) is 2.18. The van der Waals surface area contributed by atoms with Crippen LogP contribution in [-0.2, 0) is 13.1 Å². The van der Waals surface area contributed by atoms with Crippen LogP contribution >= 0.6 is 0 Å². The van der Waals surface area contributed by atoms with Crippen molar-refractivity contribution in [1.82, 2.24) is 20.0 Å². The molecule has 2 rings (SSSR count). The zero-order chi connectivity index (χ0) is 15.1. The fourth-order valence-electron chi connectivity index (χ4n) is 2.60. The average molecular weight is 294 g/mol. The molecule has 5 heteroatoms. The smallest absolute Gasteiger partial charge is 0.118 e. The molecule has 120 valence electrons. The Hall–Kier alpha value is -0.880. The minimum absolute atomic E-state index is 0.901. The Morgan fingerprint density at radius 1 is 1.19 bits per heavy atom. The van der Waals surface area contributed by atoms with E-state index in [9.17, 15) is 0 Å². The van der Waals surface area contributed by atoms with Crippen molar-refractivity contribution in [3.63, 3.8) is 0 Å². The van der Waals surface area contributed by atoms with Gasteiger partial charge < -0.3 is 14.6 Å². The molecule has 0 bridgehead atoms. The van der Waals surface area contributed by atoms with E-state index in [1.54, 1.807) is 0 Å². The molecule has 1 aromatic heterocycles. The summed E-state index contributed by atoms with van der Waals surface area (Å²) >= 11 is 0. The van der Waals surface area contributed by atoms with E-state index >= 15 is 0 Å². The van der Waals surface area contributed by atoms with Crippen LogP contribution in [0.2, 0.25) is 0 Å². The van der Waals surface area contributed by atoms with Crippen LogP contribution in [0.1, 0.15) is 18.2 Å². The Morgan fingerprint density at radius 3 is 2.57 bits per heavy atom. The van der Waals surface area contributed by atoms with Crippen LogP contribution in [0.25, 0.3) is 0 Å². The molecular weight excluding hydrogens is 264 g/mol.